The summed E-state index contributed by atoms with van der Waals surface area (Å²) in [5, 5.41) is 6.52. The van der Waals surface area contributed by atoms with Crippen LogP contribution in [-0.2, 0) is 13.0 Å². The number of hydrogen-bond donors (Lipinski definition) is 2. The van der Waals surface area contributed by atoms with Crippen LogP contribution in [0, 0.1) is 6.92 Å². The van der Waals surface area contributed by atoms with Gasteiger partial charge in [0.05, 0.1) is 5.69 Å². The van der Waals surface area contributed by atoms with Crippen LogP contribution in [0.2, 0.25) is 0 Å². The van der Waals surface area contributed by atoms with Crippen LogP contribution in [0.25, 0.3) is 0 Å². The van der Waals surface area contributed by atoms with E-state index in [2.05, 4.69) is 25.6 Å². The third-order valence-electron chi connectivity index (χ3n) is 2.97. The molecule has 0 saturated carbocycles. The summed E-state index contributed by atoms with van der Waals surface area (Å²) < 4.78 is 0. The molecule has 3 rings (SSSR count). The molecule has 0 spiro atoms. The summed E-state index contributed by atoms with van der Waals surface area (Å²) in [4.78, 5) is 13.0. The van der Waals surface area contributed by atoms with Crippen LogP contribution >= 0.6 is 0 Å². The molecule has 5 heteroatoms. The van der Waals surface area contributed by atoms with Gasteiger partial charge in [0.25, 0.3) is 0 Å². The van der Waals surface area contributed by atoms with E-state index in [0.717, 1.165) is 36.6 Å². The van der Waals surface area contributed by atoms with Gasteiger partial charge >= 0.3 is 0 Å². The highest BCUT2D eigenvalue weighted by Crippen LogP contribution is 2.16. The highest BCUT2D eigenvalue weighted by atomic mass is 15.1. The van der Waals surface area contributed by atoms with Crippen molar-refractivity contribution >= 4 is 11.6 Å². The number of rotatable bonds is 2. The predicted octanol–water partition coefficient (Wildman–Crippen LogP) is 1.57. The van der Waals surface area contributed by atoms with E-state index in [1.807, 2.05) is 25.3 Å². The maximum Gasteiger partial charge on any atom is 0.227 e. The molecule has 0 aromatic carbocycles. The Labute approximate surface area is 106 Å². The van der Waals surface area contributed by atoms with Gasteiger partial charge in [-0.2, -0.15) is 0 Å². The summed E-state index contributed by atoms with van der Waals surface area (Å²) in [6.07, 6.45) is 4.70. The number of nitrogens with zero attached hydrogens (tertiary/aromatic N) is 3. The van der Waals surface area contributed by atoms with Gasteiger partial charge in [0.15, 0.2) is 0 Å². The van der Waals surface area contributed by atoms with Gasteiger partial charge in [0.2, 0.25) is 5.95 Å². The molecule has 3 heterocycles. The highest BCUT2D eigenvalue weighted by Gasteiger charge is 2.11. The molecule has 1 aliphatic heterocycles. The molecule has 0 bridgehead atoms. The molecule has 0 radical (unpaired) electrons. The van der Waals surface area contributed by atoms with E-state index >= 15 is 0 Å². The first kappa shape index (κ1) is 11.1. The fourth-order valence-corrected chi connectivity index (χ4v) is 2.05. The van der Waals surface area contributed by atoms with Crippen molar-refractivity contribution in [2.24, 2.45) is 0 Å². The van der Waals surface area contributed by atoms with E-state index < -0.39 is 0 Å². The zero-order valence-corrected chi connectivity index (χ0v) is 10.3. The van der Waals surface area contributed by atoms with Crippen molar-refractivity contribution in [3.05, 3.63) is 41.5 Å². The van der Waals surface area contributed by atoms with Crippen LogP contribution in [0.1, 0.15) is 17.0 Å². The first-order valence-corrected chi connectivity index (χ1v) is 6.06. The predicted molar refractivity (Wildman–Crippen MR) is 69.7 cm³/mol. The third-order valence-corrected chi connectivity index (χ3v) is 2.97. The quantitative estimate of drug-likeness (QED) is 0.835. The van der Waals surface area contributed by atoms with Crippen LogP contribution in [0.15, 0.2) is 24.5 Å². The summed E-state index contributed by atoms with van der Waals surface area (Å²) in [6.45, 7) is 3.79. The smallest absolute Gasteiger partial charge is 0.227 e. The molecule has 0 unspecified atom stereocenters. The van der Waals surface area contributed by atoms with E-state index in [9.17, 15) is 0 Å². The average molecular weight is 241 g/mol. The van der Waals surface area contributed by atoms with Crippen LogP contribution in [0.5, 0.6) is 0 Å². The lowest BCUT2D eigenvalue weighted by atomic mass is 10.1. The number of aromatic nitrogens is 3. The van der Waals surface area contributed by atoms with Crippen LogP contribution in [0.4, 0.5) is 11.6 Å². The minimum atomic E-state index is 0.642. The van der Waals surface area contributed by atoms with Gasteiger partial charge in [-0.3, -0.25) is 4.98 Å². The Balaban J connectivity index is 1.85. The maximum absolute atomic E-state index is 4.53. The largest absolute Gasteiger partial charge is 0.324 e. The van der Waals surface area contributed by atoms with Gasteiger partial charge < -0.3 is 10.6 Å². The number of aryl methyl sites for hydroxylation is 1. The van der Waals surface area contributed by atoms with E-state index in [0.29, 0.717) is 5.95 Å². The molecule has 92 valence electrons. The van der Waals surface area contributed by atoms with E-state index in [4.69, 9.17) is 0 Å². The fraction of sp³-hybridized carbons (Fsp3) is 0.308. The van der Waals surface area contributed by atoms with Gasteiger partial charge in [-0.1, -0.05) is 0 Å². The van der Waals surface area contributed by atoms with E-state index in [1.54, 1.807) is 6.20 Å². The summed E-state index contributed by atoms with van der Waals surface area (Å²) in [5.74, 6) is 0.642. The molecule has 0 atom stereocenters. The van der Waals surface area contributed by atoms with Crippen LogP contribution in [0.3, 0.4) is 0 Å². The minimum absolute atomic E-state index is 0.642. The first-order chi connectivity index (χ1) is 8.81. The number of pyridine rings is 1. The second-order valence-corrected chi connectivity index (χ2v) is 4.40. The van der Waals surface area contributed by atoms with Crippen molar-refractivity contribution < 1.29 is 0 Å². The monoisotopic (exact) mass is 241 g/mol. The summed E-state index contributed by atoms with van der Waals surface area (Å²) in [6, 6.07) is 3.88. The van der Waals surface area contributed by atoms with Gasteiger partial charge in [-0.25, -0.2) is 9.97 Å². The molecule has 0 saturated heterocycles. The highest BCUT2D eigenvalue weighted by molar-refractivity contribution is 5.53. The average Bonchev–Trinajstić information content (AvgIpc) is 2.39. The summed E-state index contributed by atoms with van der Waals surface area (Å²) in [5.41, 5.74) is 4.26. The lowest BCUT2D eigenvalue weighted by Gasteiger charge is -2.16. The SMILES string of the molecule is Cc1cc(Nc2ncc3c(n2)CNCC3)ccn1. The van der Waals surface area contributed by atoms with Crippen molar-refractivity contribution in [1.29, 1.82) is 0 Å². The molecule has 0 fully saturated rings. The second kappa shape index (κ2) is 4.70. The van der Waals surface area contributed by atoms with Gasteiger partial charge in [0.1, 0.15) is 0 Å². The minimum Gasteiger partial charge on any atom is -0.324 e. The number of fused-ring (bicyclic) bond motifs is 1. The Morgan fingerprint density at radius 2 is 2.28 bits per heavy atom. The molecule has 5 nitrogen and oxygen atoms in total. The van der Waals surface area contributed by atoms with Gasteiger partial charge in [-0.15, -0.1) is 0 Å². The number of nitrogens with one attached hydrogen (secondary N) is 2. The first-order valence-electron chi connectivity index (χ1n) is 6.06. The molecular formula is C13H15N5. The standard InChI is InChI=1S/C13H15N5/c1-9-6-11(3-5-15-9)17-13-16-7-10-2-4-14-8-12(10)18-13/h3,5-7,14H,2,4,8H2,1H3,(H,15,16,17,18). The second-order valence-electron chi connectivity index (χ2n) is 4.40. The molecule has 0 aliphatic carbocycles. The molecule has 1 aliphatic rings. The van der Waals surface area contributed by atoms with Gasteiger partial charge in [0, 0.05) is 30.3 Å². The third kappa shape index (κ3) is 2.31. The van der Waals surface area contributed by atoms with E-state index in [1.165, 1.54) is 5.56 Å². The zero-order chi connectivity index (χ0) is 12.4. The summed E-state index contributed by atoms with van der Waals surface area (Å²) in [7, 11) is 0. The van der Waals surface area contributed by atoms with Crippen LogP contribution in [-0.4, -0.2) is 21.5 Å². The van der Waals surface area contributed by atoms with Gasteiger partial charge in [-0.05, 0) is 37.6 Å². The Kier molecular flexibility index (Phi) is 2.90. The zero-order valence-electron chi connectivity index (χ0n) is 10.3. The molecular weight excluding hydrogens is 226 g/mol. The Morgan fingerprint density at radius 1 is 1.33 bits per heavy atom. The fourth-order valence-electron chi connectivity index (χ4n) is 2.05. The molecule has 0 amide bonds. The summed E-state index contributed by atoms with van der Waals surface area (Å²) >= 11 is 0. The lowest BCUT2D eigenvalue weighted by molar-refractivity contribution is 0.624. The van der Waals surface area contributed by atoms with Crippen molar-refractivity contribution in [3.63, 3.8) is 0 Å². The van der Waals surface area contributed by atoms with Crippen LogP contribution < -0.4 is 10.6 Å². The Morgan fingerprint density at radius 3 is 3.17 bits per heavy atom. The van der Waals surface area contributed by atoms with Crippen molar-refractivity contribution in [2.45, 2.75) is 19.9 Å². The lowest BCUT2D eigenvalue weighted by Crippen LogP contribution is -2.25. The number of hydrogen-bond acceptors (Lipinski definition) is 5. The normalized spacial score (nSPS) is 14.1. The topological polar surface area (TPSA) is 62.7 Å². The Hall–Kier alpha value is -2.01. The molecule has 2 N–H and O–H groups in total. The molecule has 2 aromatic heterocycles. The maximum atomic E-state index is 4.53. The molecule has 2 aromatic rings. The van der Waals surface area contributed by atoms with Crippen molar-refractivity contribution in [2.75, 3.05) is 11.9 Å². The number of anilines is 2. The molecule has 18 heavy (non-hydrogen) atoms. The van der Waals surface area contributed by atoms with Crippen molar-refractivity contribution in [3.8, 4) is 0 Å². The van der Waals surface area contributed by atoms with E-state index in [-0.39, 0.29) is 0 Å². The Bertz CT molecular complexity index is 567. The van der Waals surface area contributed by atoms with Crippen molar-refractivity contribution in [1.82, 2.24) is 20.3 Å².